The zero-order chi connectivity index (χ0) is 13.5. The summed E-state index contributed by atoms with van der Waals surface area (Å²) in [5, 5.41) is 7.44. The summed E-state index contributed by atoms with van der Waals surface area (Å²) in [4.78, 5) is 17.4. The molecule has 1 fully saturated rings. The monoisotopic (exact) mass is 281 g/mol. The molecule has 0 aliphatic carbocycles. The summed E-state index contributed by atoms with van der Waals surface area (Å²) in [7, 11) is 0. The number of aryl methyl sites for hydroxylation is 1. The van der Waals surface area contributed by atoms with Gasteiger partial charge in [0.2, 0.25) is 5.91 Å². The van der Waals surface area contributed by atoms with Crippen molar-refractivity contribution in [2.45, 2.75) is 39.0 Å². The topological polar surface area (TPSA) is 54.0 Å². The van der Waals surface area contributed by atoms with Gasteiger partial charge in [0.1, 0.15) is 0 Å². The van der Waals surface area contributed by atoms with Crippen LogP contribution in [0.5, 0.6) is 0 Å². The Hall–Kier alpha value is -0.940. The number of aromatic nitrogens is 1. The molecule has 106 valence electrons. The van der Waals surface area contributed by atoms with E-state index in [1.165, 1.54) is 11.3 Å². The summed E-state index contributed by atoms with van der Waals surface area (Å²) < 4.78 is 0. The Balaban J connectivity index is 1.58. The molecule has 1 unspecified atom stereocenters. The molecule has 4 nitrogen and oxygen atoms in total. The number of thiazole rings is 1. The lowest BCUT2D eigenvalue weighted by Gasteiger charge is -2.08. The van der Waals surface area contributed by atoms with Crippen molar-refractivity contribution in [3.8, 4) is 0 Å². The standard InChI is InChI=1S/C14H23N3OS/c1-2-12-10-17-14(19-12)6-8-16-13(18)4-3-11-5-7-15-9-11/h10-11,15H,2-9H2,1H3,(H,16,18). The Morgan fingerprint density at radius 2 is 2.53 bits per heavy atom. The van der Waals surface area contributed by atoms with Crippen molar-refractivity contribution in [1.82, 2.24) is 15.6 Å². The first-order valence-corrected chi connectivity index (χ1v) is 8.00. The maximum Gasteiger partial charge on any atom is 0.220 e. The molecular formula is C14H23N3OS. The van der Waals surface area contributed by atoms with Gasteiger partial charge in [-0.15, -0.1) is 11.3 Å². The number of amides is 1. The molecule has 2 heterocycles. The largest absolute Gasteiger partial charge is 0.356 e. The number of carbonyl (C=O) groups is 1. The van der Waals surface area contributed by atoms with Gasteiger partial charge in [-0.25, -0.2) is 4.98 Å². The normalized spacial score (nSPS) is 18.7. The quantitative estimate of drug-likeness (QED) is 0.800. The number of carbonyl (C=O) groups excluding carboxylic acids is 1. The van der Waals surface area contributed by atoms with Crippen LogP contribution in [0.25, 0.3) is 0 Å². The molecule has 2 N–H and O–H groups in total. The second-order valence-electron chi connectivity index (χ2n) is 5.07. The highest BCUT2D eigenvalue weighted by Crippen LogP contribution is 2.14. The van der Waals surface area contributed by atoms with Crippen molar-refractivity contribution in [2.24, 2.45) is 5.92 Å². The van der Waals surface area contributed by atoms with Crippen molar-refractivity contribution < 1.29 is 4.79 Å². The molecule has 1 saturated heterocycles. The van der Waals surface area contributed by atoms with Crippen LogP contribution in [0.3, 0.4) is 0 Å². The number of hydrogen-bond acceptors (Lipinski definition) is 4. The minimum atomic E-state index is 0.180. The third-order valence-electron chi connectivity index (χ3n) is 3.55. The van der Waals surface area contributed by atoms with Crippen molar-refractivity contribution in [2.75, 3.05) is 19.6 Å². The molecule has 0 aromatic carbocycles. The van der Waals surface area contributed by atoms with Gasteiger partial charge in [0.05, 0.1) is 5.01 Å². The predicted molar refractivity (Wildman–Crippen MR) is 78.4 cm³/mol. The summed E-state index contributed by atoms with van der Waals surface area (Å²) in [6, 6.07) is 0. The molecule has 5 heteroatoms. The first-order chi connectivity index (χ1) is 9.28. The van der Waals surface area contributed by atoms with Crippen molar-refractivity contribution >= 4 is 17.2 Å². The highest BCUT2D eigenvalue weighted by atomic mass is 32.1. The minimum Gasteiger partial charge on any atom is -0.356 e. The second kappa shape index (κ2) is 7.60. The van der Waals surface area contributed by atoms with Crippen LogP contribution in [0.1, 0.15) is 36.1 Å². The van der Waals surface area contributed by atoms with Gasteiger partial charge < -0.3 is 10.6 Å². The Morgan fingerprint density at radius 1 is 1.63 bits per heavy atom. The first kappa shape index (κ1) is 14.5. The van der Waals surface area contributed by atoms with E-state index in [-0.39, 0.29) is 5.91 Å². The van der Waals surface area contributed by atoms with E-state index < -0.39 is 0 Å². The van der Waals surface area contributed by atoms with Crippen molar-refractivity contribution in [1.29, 1.82) is 0 Å². The fourth-order valence-electron chi connectivity index (χ4n) is 2.32. The highest BCUT2D eigenvalue weighted by Gasteiger charge is 2.15. The molecule has 0 saturated carbocycles. The van der Waals surface area contributed by atoms with E-state index in [0.717, 1.165) is 37.4 Å². The lowest BCUT2D eigenvalue weighted by atomic mass is 10.0. The molecule has 2 rings (SSSR count). The Morgan fingerprint density at radius 3 is 3.21 bits per heavy atom. The summed E-state index contributed by atoms with van der Waals surface area (Å²) >= 11 is 1.75. The Bertz CT molecular complexity index is 399. The molecule has 0 spiro atoms. The smallest absolute Gasteiger partial charge is 0.220 e. The SMILES string of the molecule is CCc1cnc(CCNC(=O)CCC2CCNC2)s1. The van der Waals surface area contributed by atoms with Crippen LogP contribution in [0.4, 0.5) is 0 Å². The zero-order valence-electron chi connectivity index (χ0n) is 11.6. The van der Waals surface area contributed by atoms with E-state index in [0.29, 0.717) is 18.9 Å². The van der Waals surface area contributed by atoms with Gasteiger partial charge in [-0.1, -0.05) is 6.92 Å². The van der Waals surface area contributed by atoms with E-state index >= 15 is 0 Å². The highest BCUT2D eigenvalue weighted by molar-refractivity contribution is 7.11. The molecule has 1 amide bonds. The molecule has 0 radical (unpaired) electrons. The van der Waals surface area contributed by atoms with E-state index in [2.05, 4.69) is 22.5 Å². The molecule has 19 heavy (non-hydrogen) atoms. The average molecular weight is 281 g/mol. The maximum atomic E-state index is 11.7. The fourth-order valence-corrected chi connectivity index (χ4v) is 3.18. The molecule has 1 aromatic heterocycles. The predicted octanol–water partition coefficient (Wildman–Crippen LogP) is 1.75. The van der Waals surface area contributed by atoms with Gasteiger partial charge in [0, 0.05) is 30.5 Å². The number of nitrogens with zero attached hydrogens (tertiary/aromatic N) is 1. The van der Waals surface area contributed by atoms with Crippen molar-refractivity contribution in [3.05, 3.63) is 16.1 Å². The van der Waals surface area contributed by atoms with E-state index in [1.54, 1.807) is 11.3 Å². The van der Waals surface area contributed by atoms with E-state index in [9.17, 15) is 4.79 Å². The van der Waals surface area contributed by atoms with Gasteiger partial charge >= 0.3 is 0 Å². The Kier molecular flexibility index (Phi) is 5.79. The number of nitrogens with one attached hydrogen (secondary N) is 2. The number of hydrogen-bond donors (Lipinski definition) is 2. The van der Waals surface area contributed by atoms with Crippen LogP contribution in [-0.4, -0.2) is 30.5 Å². The Labute approximate surface area is 119 Å². The van der Waals surface area contributed by atoms with Gasteiger partial charge in [-0.2, -0.15) is 0 Å². The van der Waals surface area contributed by atoms with Crippen molar-refractivity contribution in [3.63, 3.8) is 0 Å². The van der Waals surface area contributed by atoms with Gasteiger partial charge in [-0.05, 0) is 38.3 Å². The summed E-state index contributed by atoms with van der Waals surface area (Å²) in [6.45, 7) is 5.03. The lowest BCUT2D eigenvalue weighted by Crippen LogP contribution is -2.26. The third kappa shape index (κ3) is 4.91. The maximum absolute atomic E-state index is 11.7. The van der Waals surface area contributed by atoms with E-state index in [4.69, 9.17) is 0 Å². The van der Waals surface area contributed by atoms with Gasteiger partial charge in [0.25, 0.3) is 0 Å². The van der Waals surface area contributed by atoms with Crippen LogP contribution in [0, 0.1) is 5.92 Å². The second-order valence-corrected chi connectivity index (χ2v) is 6.27. The number of rotatable bonds is 7. The minimum absolute atomic E-state index is 0.180. The van der Waals surface area contributed by atoms with Crippen LogP contribution < -0.4 is 10.6 Å². The molecule has 1 aromatic rings. The summed E-state index contributed by atoms with van der Waals surface area (Å²) in [6.07, 6.45) is 6.71. The van der Waals surface area contributed by atoms with Crippen LogP contribution in [-0.2, 0) is 17.6 Å². The molecule has 0 bridgehead atoms. The van der Waals surface area contributed by atoms with E-state index in [1.807, 2.05) is 6.20 Å². The third-order valence-corrected chi connectivity index (χ3v) is 4.75. The molecular weight excluding hydrogens is 258 g/mol. The molecule has 1 atom stereocenters. The fraction of sp³-hybridized carbons (Fsp3) is 0.714. The first-order valence-electron chi connectivity index (χ1n) is 7.19. The van der Waals surface area contributed by atoms with Crippen LogP contribution >= 0.6 is 11.3 Å². The van der Waals surface area contributed by atoms with Gasteiger partial charge in [0.15, 0.2) is 0 Å². The summed E-state index contributed by atoms with van der Waals surface area (Å²) in [5.74, 6) is 0.871. The van der Waals surface area contributed by atoms with Crippen LogP contribution in [0.2, 0.25) is 0 Å². The summed E-state index contributed by atoms with van der Waals surface area (Å²) in [5.41, 5.74) is 0. The lowest BCUT2D eigenvalue weighted by molar-refractivity contribution is -0.121. The average Bonchev–Trinajstić information content (AvgIpc) is 3.07. The molecule has 1 aliphatic rings. The van der Waals surface area contributed by atoms with Crippen LogP contribution in [0.15, 0.2) is 6.20 Å². The van der Waals surface area contributed by atoms with Gasteiger partial charge in [-0.3, -0.25) is 4.79 Å². The molecule has 1 aliphatic heterocycles. The zero-order valence-corrected chi connectivity index (χ0v) is 12.4.